The Balaban J connectivity index is 1.30. The maximum absolute atomic E-state index is 13.5. The Bertz CT molecular complexity index is 1300. The number of likely N-dealkylation sites (tertiary alicyclic amines) is 1. The Morgan fingerprint density at radius 1 is 1.12 bits per heavy atom. The molecule has 0 bridgehead atoms. The van der Waals surface area contributed by atoms with E-state index in [1.54, 1.807) is 11.3 Å². The average molecular weight is 448 g/mol. The molecule has 164 valence electrons. The summed E-state index contributed by atoms with van der Waals surface area (Å²) < 4.78 is 2.85. The normalized spacial score (nSPS) is 21.7. The summed E-state index contributed by atoms with van der Waals surface area (Å²) in [4.78, 5) is 26.8. The van der Waals surface area contributed by atoms with Crippen molar-refractivity contribution in [3.8, 4) is 0 Å². The largest absolute Gasteiger partial charge is 0.355 e. The highest BCUT2D eigenvalue weighted by atomic mass is 32.1. The van der Waals surface area contributed by atoms with Gasteiger partial charge in [-0.1, -0.05) is 0 Å². The second-order valence-electron chi connectivity index (χ2n) is 8.70. The van der Waals surface area contributed by atoms with Crippen molar-refractivity contribution in [2.45, 2.75) is 37.8 Å². The van der Waals surface area contributed by atoms with Gasteiger partial charge in [-0.05, 0) is 49.9 Å². The Hall–Kier alpha value is -3.04. The Labute approximate surface area is 189 Å². The van der Waals surface area contributed by atoms with Crippen molar-refractivity contribution in [2.24, 2.45) is 5.73 Å². The molecule has 2 saturated heterocycles. The molecule has 1 aromatic carbocycles. The van der Waals surface area contributed by atoms with Gasteiger partial charge in [-0.2, -0.15) is 5.10 Å². The first-order chi connectivity index (χ1) is 15.7. The van der Waals surface area contributed by atoms with Crippen molar-refractivity contribution in [1.82, 2.24) is 24.5 Å². The molecule has 9 heteroatoms. The summed E-state index contributed by atoms with van der Waals surface area (Å²) in [5.74, 6) is 0.994. The minimum absolute atomic E-state index is 0.0428. The average Bonchev–Trinajstić information content (AvgIpc) is 3.56. The van der Waals surface area contributed by atoms with Gasteiger partial charge in [-0.25, -0.2) is 14.5 Å². The summed E-state index contributed by atoms with van der Waals surface area (Å²) in [5, 5.41) is 4.80. The maximum Gasteiger partial charge on any atom is 0.254 e. The van der Waals surface area contributed by atoms with Crippen molar-refractivity contribution >= 4 is 38.9 Å². The van der Waals surface area contributed by atoms with Gasteiger partial charge in [0, 0.05) is 43.5 Å². The highest BCUT2D eigenvalue weighted by Crippen LogP contribution is 2.33. The van der Waals surface area contributed by atoms with Crippen LogP contribution in [0.2, 0.25) is 0 Å². The third-order valence-electron chi connectivity index (χ3n) is 6.56. The van der Waals surface area contributed by atoms with E-state index in [4.69, 9.17) is 15.8 Å². The lowest BCUT2D eigenvalue weighted by molar-refractivity contribution is 0.0606. The fourth-order valence-electron chi connectivity index (χ4n) is 4.86. The molecule has 32 heavy (non-hydrogen) atoms. The highest BCUT2D eigenvalue weighted by molar-refractivity contribution is 7.16. The molecule has 2 fully saturated rings. The predicted octanol–water partition coefficient (Wildman–Crippen LogP) is 3.24. The zero-order chi connectivity index (χ0) is 21.7. The number of nitrogens with two attached hydrogens (primary N) is 1. The summed E-state index contributed by atoms with van der Waals surface area (Å²) in [6.45, 7) is 2.50. The minimum atomic E-state index is -0.0428. The van der Waals surface area contributed by atoms with E-state index in [0.717, 1.165) is 72.7 Å². The Morgan fingerprint density at radius 2 is 2.06 bits per heavy atom. The molecule has 1 amide bonds. The molecular formula is C23H25N7OS. The Morgan fingerprint density at radius 3 is 2.94 bits per heavy atom. The van der Waals surface area contributed by atoms with Crippen LogP contribution in [0.3, 0.4) is 0 Å². The number of hydrogen-bond acceptors (Lipinski definition) is 7. The number of thiazole rings is 1. The first-order valence-corrected chi connectivity index (χ1v) is 12.0. The van der Waals surface area contributed by atoms with Crippen molar-refractivity contribution < 1.29 is 4.79 Å². The van der Waals surface area contributed by atoms with Gasteiger partial charge in [-0.15, -0.1) is 11.3 Å². The van der Waals surface area contributed by atoms with E-state index < -0.39 is 0 Å². The van der Waals surface area contributed by atoms with E-state index in [1.165, 1.54) is 0 Å². The molecule has 4 aromatic rings. The van der Waals surface area contributed by atoms with Crippen molar-refractivity contribution in [2.75, 3.05) is 24.5 Å². The summed E-state index contributed by atoms with van der Waals surface area (Å²) >= 11 is 1.56. The molecular weight excluding hydrogens is 422 g/mol. The van der Waals surface area contributed by atoms with Crippen LogP contribution < -0.4 is 10.6 Å². The zero-order valence-electron chi connectivity index (χ0n) is 17.7. The number of benzene rings is 1. The number of anilines is 1. The molecule has 2 atom stereocenters. The standard InChI is InChI=1S/C23H25N7OS/c24-16-6-9-28(13-16)21-7-10-30-22(26-21)12-18(27-30)19-3-1-2-8-29(19)23(31)15-4-5-17-20(11-15)32-14-25-17/h4-5,7,10-12,14,16,19H,1-3,6,8-9,13,24H2/t16-,19-/m0/s1. The molecule has 8 nitrogen and oxygen atoms in total. The zero-order valence-corrected chi connectivity index (χ0v) is 18.5. The topological polar surface area (TPSA) is 92.7 Å². The number of nitrogens with zero attached hydrogens (tertiary/aromatic N) is 6. The van der Waals surface area contributed by atoms with Crippen LogP contribution in [0, 0.1) is 0 Å². The van der Waals surface area contributed by atoms with Crippen LogP contribution in [0.25, 0.3) is 15.9 Å². The summed E-state index contributed by atoms with van der Waals surface area (Å²) in [7, 11) is 0. The van der Waals surface area contributed by atoms with Crippen molar-refractivity contribution in [3.63, 3.8) is 0 Å². The smallest absolute Gasteiger partial charge is 0.254 e. The van der Waals surface area contributed by atoms with Crippen molar-refractivity contribution in [1.29, 1.82) is 0 Å². The number of fused-ring (bicyclic) bond motifs is 2. The molecule has 0 spiro atoms. The second kappa shape index (κ2) is 7.83. The molecule has 0 aliphatic carbocycles. The molecule has 2 N–H and O–H groups in total. The molecule has 0 radical (unpaired) electrons. The molecule has 0 saturated carbocycles. The van der Waals surface area contributed by atoms with Gasteiger partial charge in [-0.3, -0.25) is 4.79 Å². The number of amides is 1. The second-order valence-corrected chi connectivity index (χ2v) is 9.58. The monoisotopic (exact) mass is 447 g/mol. The molecule has 6 rings (SSSR count). The summed E-state index contributed by atoms with van der Waals surface area (Å²) in [5.41, 5.74) is 11.2. The summed E-state index contributed by atoms with van der Waals surface area (Å²) in [6.07, 6.45) is 5.95. The Kier molecular flexibility index (Phi) is 4.80. The molecule has 5 heterocycles. The van der Waals surface area contributed by atoms with Gasteiger partial charge < -0.3 is 15.5 Å². The van der Waals surface area contributed by atoms with Crippen LogP contribution in [-0.4, -0.2) is 56.1 Å². The lowest BCUT2D eigenvalue weighted by atomic mass is 9.98. The maximum atomic E-state index is 13.5. The van der Waals surface area contributed by atoms with E-state index in [9.17, 15) is 4.79 Å². The first-order valence-electron chi connectivity index (χ1n) is 11.2. The number of aromatic nitrogens is 4. The van der Waals surface area contributed by atoms with E-state index in [1.807, 2.05) is 51.5 Å². The van der Waals surface area contributed by atoms with Crippen LogP contribution >= 0.6 is 11.3 Å². The van der Waals surface area contributed by atoms with E-state index in [-0.39, 0.29) is 18.0 Å². The number of hydrogen-bond donors (Lipinski definition) is 1. The number of carbonyl (C=O) groups excluding carboxylic acids is 1. The summed E-state index contributed by atoms with van der Waals surface area (Å²) in [6, 6.07) is 9.96. The van der Waals surface area contributed by atoms with Gasteiger partial charge in [0.2, 0.25) is 0 Å². The lowest BCUT2D eigenvalue weighted by Crippen LogP contribution is -2.38. The SMILES string of the molecule is N[C@H]1CCN(c2ccn3nc([C@@H]4CCCCN4C(=O)c4ccc5ncsc5c4)cc3n2)C1. The number of carbonyl (C=O) groups is 1. The van der Waals surface area contributed by atoms with Crippen LogP contribution in [-0.2, 0) is 0 Å². The molecule has 2 aliphatic heterocycles. The van der Waals surface area contributed by atoms with Gasteiger partial charge >= 0.3 is 0 Å². The first kappa shape index (κ1) is 19.6. The molecule has 3 aromatic heterocycles. The van der Waals surface area contributed by atoms with Crippen LogP contribution in [0.4, 0.5) is 5.82 Å². The highest BCUT2D eigenvalue weighted by Gasteiger charge is 2.31. The third kappa shape index (κ3) is 3.41. The van der Waals surface area contributed by atoms with Crippen molar-refractivity contribution in [3.05, 3.63) is 53.3 Å². The predicted molar refractivity (Wildman–Crippen MR) is 125 cm³/mol. The van der Waals surface area contributed by atoms with Crippen LogP contribution in [0.5, 0.6) is 0 Å². The van der Waals surface area contributed by atoms with E-state index in [0.29, 0.717) is 5.56 Å². The number of rotatable bonds is 3. The molecule has 0 unspecified atom stereocenters. The minimum Gasteiger partial charge on any atom is -0.355 e. The van der Waals surface area contributed by atoms with Crippen LogP contribution in [0.1, 0.15) is 47.8 Å². The van der Waals surface area contributed by atoms with E-state index in [2.05, 4.69) is 9.88 Å². The van der Waals surface area contributed by atoms with Gasteiger partial charge in [0.05, 0.1) is 27.5 Å². The quantitative estimate of drug-likeness (QED) is 0.518. The van der Waals surface area contributed by atoms with Crippen LogP contribution in [0.15, 0.2) is 42.0 Å². The van der Waals surface area contributed by atoms with E-state index >= 15 is 0 Å². The fourth-order valence-corrected chi connectivity index (χ4v) is 5.57. The lowest BCUT2D eigenvalue weighted by Gasteiger charge is -2.34. The fraction of sp³-hybridized carbons (Fsp3) is 0.391. The van der Waals surface area contributed by atoms with Gasteiger partial charge in [0.15, 0.2) is 5.65 Å². The molecule has 2 aliphatic rings. The number of piperidine rings is 1. The van der Waals surface area contributed by atoms with Gasteiger partial charge in [0.1, 0.15) is 5.82 Å². The third-order valence-corrected chi connectivity index (χ3v) is 7.35. The van der Waals surface area contributed by atoms with Gasteiger partial charge in [0.25, 0.3) is 5.91 Å².